The minimum absolute atomic E-state index is 0.0452. The molecule has 0 saturated heterocycles. The summed E-state index contributed by atoms with van der Waals surface area (Å²) in [4.78, 5) is 19.4. The van der Waals surface area contributed by atoms with Crippen molar-refractivity contribution in [3.05, 3.63) is 101 Å². The predicted octanol–water partition coefficient (Wildman–Crippen LogP) is 6.48. The van der Waals surface area contributed by atoms with Crippen molar-refractivity contribution in [2.75, 3.05) is 12.5 Å². The molecule has 50 heavy (non-hydrogen) atoms. The van der Waals surface area contributed by atoms with Crippen molar-refractivity contribution >= 4 is 31.0 Å². The molecular formula is C30H23F6N7O4S3. The minimum Gasteiger partial charge on any atom is -0.298 e. The SMILES string of the molecule is CS(=O)(=O)c1ccc(-n2cc(C(F)(F)F)nc2-c2cnccn2)cc1.Cc1nc(-c2nc(C(F)(F)F)cn2-c2ccc(S(C)(=O)=O)cc2)cs1. The first-order chi connectivity index (χ1) is 23.2. The quantitative estimate of drug-likeness (QED) is 0.175. The van der Waals surface area contributed by atoms with Crippen molar-refractivity contribution < 1.29 is 43.2 Å². The van der Waals surface area contributed by atoms with Gasteiger partial charge in [0.1, 0.15) is 11.4 Å². The van der Waals surface area contributed by atoms with Crippen LogP contribution in [0.4, 0.5) is 26.3 Å². The highest BCUT2D eigenvalue weighted by Gasteiger charge is 2.36. The molecule has 0 radical (unpaired) electrons. The van der Waals surface area contributed by atoms with Gasteiger partial charge in [0, 0.05) is 54.1 Å². The number of sulfone groups is 2. The fraction of sp³-hybridized carbons (Fsp3) is 0.167. The van der Waals surface area contributed by atoms with Crippen molar-refractivity contribution in [1.29, 1.82) is 0 Å². The van der Waals surface area contributed by atoms with Gasteiger partial charge in [-0.15, -0.1) is 11.3 Å². The fourth-order valence-electron chi connectivity index (χ4n) is 4.38. The van der Waals surface area contributed by atoms with Gasteiger partial charge in [0.15, 0.2) is 42.7 Å². The van der Waals surface area contributed by atoms with Gasteiger partial charge >= 0.3 is 12.4 Å². The van der Waals surface area contributed by atoms with E-state index in [1.54, 1.807) is 12.3 Å². The van der Waals surface area contributed by atoms with E-state index in [9.17, 15) is 43.2 Å². The summed E-state index contributed by atoms with van der Waals surface area (Å²) in [5.41, 5.74) is -0.969. The average molecular weight is 756 g/mol. The molecule has 0 unspecified atom stereocenters. The molecule has 0 fully saturated rings. The molecule has 4 heterocycles. The maximum Gasteiger partial charge on any atom is 0.434 e. The summed E-state index contributed by atoms with van der Waals surface area (Å²) in [6.45, 7) is 1.74. The van der Waals surface area contributed by atoms with E-state index >= 15 is 0 Å². The number of aryl methyl sites for hydroxylation is 1. The molecule has 4 aromatic heterocycles. The van der Waals surface area contributed by atoms with Crippen LogP contribution in [0.2, 0.25) is 0 Å². The summed E-state index contributed by atoms with van der Waals surface area (Å²) < 4.78 is 127. The van der Waals surface area contributed by atoms with Crippen LogP contribution in [0.5, 0.6) is 0 Å². The third kappa shape index (κ3) is 8.25. The van der Waals surface area contributed by atoms with E-state index in [2.05, 4.69) is 24.9 Å². The first-order valence-corrected chi connectivity index (χ1v) is 18.5. The van der Waals surface area contributed by atoms with Crippen molar-refractivity contribution in [1.82, 2.24) is 34.1 Å². The van der Waals surface area contributed by atoms with Crippen LogP contribution < -0.4 is 0 Å². The van der Waals surface area contributed by atoms with Crippen LogP contribution in [0.15, 0.2) is 94.7 Å². The molecule has 20 heteroatoms. The van der Waals surface area contributed by atoms with E-state index in [1.807, 2.05) is 0 Å². The smallest absolute Gasteiger partial charge is 0.298 e. The minimum atomic E-state index is -4.63. The summed E-state index contributed by atoms with van der Waals surface area (Å²) in [6.07, 6.45) is -1.39. The van der Waals surface area contributed by atoms with Gasteiger partial charge in [-0.3, -0.25) is 14.1 Å². The summed E-state index contributed by atoms with van der Waals surface area (Å²) in [5, 5.41) is 2.32. The van der Waals surface area contributed by atoms with Crippen LogP contribution in [-0.4, -0.2) is 63.4 Å². The first-order valence-electron chi connectivity index (χ1n) is 13.8. The lowest BCUT2D eigenvalue weighted by atomic mass is 10.3. The number of imidazole rings is 2. The molecule has 0 bridgehead atoms. The zero-order valence-electron chi connectivity index (χ0n) is 25.8. The largest absolute Gasteiger partial charge is 0.434 e. The Bertz CT molecular complexity index is 2350. The van der Waals surface area contributed by atoms with Gasteiger partial charge in [-0.25, -0.2) is 36.8 Å². The highest BCUT2D eigenvalue weighted by molar-refractivity contribution is 7.91. The Labute approximate surface area is 284 Å². The molecule has 0 amide bonds. The van der Waals surface area contributed by atoms with Crippen LogP contribution in [0.3, 0.4) is 0 Å². The average Bonchev–Trinajstić information content (AvgIpc) is 3.79. The standard InChI is InChI=1S/C15H11F3N4O2S.C15H12F3N3O2S2/c1-25(23,24)11-4-2-10(3-5-11)22-9-13(15(16,17)18)21-14(22)12-8-19-6-7-20-12;1-9-19-12(8-24-9)14-20-13(15(16,17)18)7-21(14)10-3-5-11(6-4-10)25(2,22)23/h2-9H,1H3;3-8H,1-2H3. The molecule has 6 aromatic rings. The molecule has 0 N–H and O–H groups in total. The Morgan fingerprint density at radius 3 is 1.42 bits per heavy atom. The fourth-order valence-corrected chi connectivity index (χ4v) is 6.23. The first kappa shape index (κ1) is 36.3. The van der Waals surface area contributed by atoms with E-state index in [-0.39, 0.29) is 27.1 Å². The number of benzene rings is 2. The Kier molecular flexibility index (Phi) is 9.74. The van der Waals surface area contributed by atoms with Gasteiger partial charge < -0.3 is 0 Å². The number of halogens is 6. The van der Waals surface area contributed by atoms with Crippen molar-refractivity contribution in [3.8, 4) is 34.4 Å². The lowest BCUT2D eigenvalue weighted by Crippen LogP contribution is -2.05. The Hall–Kier alpha value is -4.95. The second-order valence-electron chi connectivity index (χ2n) is 10.5. The zero-order valence-corrected chi connectivity index (χ0v) is 28.3. The van der Waals surface area contributed by atoms with Crippen LogP contribution in [0.25, 0.3) is 34.4 Å². The van der Waals surface area contributed by atoms with E-state index < -0.39 is 43.4 Å². The molecule has 0 aliphatic rings. The van der Waals surface area contributed by atoms with Gasteiger partial charge in [0.25, 0.3) is 0 Å². The Morgan fingerprint density at radius 2 is 1.08 bits per heavy atom. The molecule has 262 valence electrons. The third-order valence-corrected chi connectivity index (χ3v) is 9.75. The molecule has 2 aromatic carbocycles. The third-order valence-electron chi connectivity index (χ3n) is 6.72. The van der Waals surface area contributed by atoms with Crippen molar-refractivity contribution in [2.45, 2.75) is 29.1 Å². The van der Waals surface area contributed by atoms with Crippen LogP contribution in [-0.2, 0) is 32.0 Å². The van der Waals surface area contributed by atoms with Gasteiger partial charge in [0.05, 0.1) is 21.0 Å². The second-order valence-corrected chi connectivity index (χ2v) is 15.6. The highest BCUT2D eigenvalue weighted by atomic mass is 32.2. The summed E-state index contributed by atoms with van der Waals surface area (Å²) in [5.74, 6) is -0.00342. The number of hydrogen-bond acceptors (Lipinski definition) is 10. The topological polar surface area (TPSA) is 143 Å². The number of aromatic nitrogens is 7. The van der Waals surface area contributed by atoms with Gasteiger partial charge in [-0.2, -0.15) is 26.3 Å². The van der Waals surface area contributed by atoms with Crippen molar-refractivity contribution in [3.63, 3.8) is 0 Å². The number of nitrogens with zero attached hydrogens (tertiary/aromatic N) is 7. The maximum absolute atomic E-state index is 13.1. The number of thiazole rings is 1. The second kappa shape index (κ2) is 13.4. The molecule has 0 aliphatic heterocycles. The van der Waals surface area contributed by atoms with E-state index in [0.717, 1.165) is 24.9 Å². The number of hydrogen-bond donors (Lipinski definition) is 0. The molecule has 0 saturated carbocycles. The Balaban J connectivity index is 0.000000194. The normalized spacial score (nSPS) is 12.4. The number of rotatable bonds is 6. The monoisotopic (exact) mass is 755 g/mol. The van der Waals surface area contributed by atoms with E-state index in [4.69, 9.17) is 0 Å². The van der Waals surface area contributed by atoms with Gasteiger partial charge in [-0.1, -0.05) is 0 Å². The molecule has 6 rings (SSSR count). The van der Waals surface area contributed by atoms with E-state index in [1.165, 1.54) is 87.6 Å². The summed E-state index contributed by atoms with van der Waals surface area (Å²) >= 11 is 1.30. The van der Waals surface area contributed by atoms with Gasteiger partial charge in [0.2, 0.25) is 0 Å². The predicted molar refractivity (Wildman–Crippen MR) is 170 cm³/mol. The van der Waals surface area contributed by atoms with Crippen LogP contribution >= 0.6 is 11.3 Å². The van der Waals surface area contributed by atoms with Crippen LogP contribution in [0.1, 0.15) is 16.4 Å². The van der Waals surface area contributed by atoms with E-state index in [0.29, 0.717) is 22.1 Å². The maximum atomic E-state index is 13.1. The molecular weight excluding hydrogens is 733 g/mol. The molecule has 0 aliphatic carbocycles. The highest BCUT2D eigenvalue weighted by Crippen LogP contribution is 2.34. The van der Waals surface area contributed by atoms with Crippen molar-refractivity contribution in [2.24, 2.45) is 0 Å². The summed E-state index contributed by atoms with van der Waals surface area (Å²) in [7, 11) is -6.80. The molecule has 0 spiro atoms. The lowest BCUT2D eigenvalue weighted by molar-refractivity contribution is -0.141. The number of alkyl halides is 6. The van der Waals surface area contributed by atoms with Crippen LogP contribution in [0, 0.1) is 6.92 Å². The zero-order chi connectivity index (χ0) is 36.6. The lowest BCUT2D eigenvalue weighted by Gasteiger charge is -2.07. The summed E-state index contributed by atoms with van der Waals surface area (Å²) in [6, 6.07) is 11.0. The Morgan fingerprint density at radius 1 is 0.640 bits per heavy atom. The van der Waals surface area contributed by atoms with Gasteiger partial charge in [-0.05, 0) is 55.5 Å². The molecule has 0 atom stereocenters. The molecule has 11 nitrogen and oxygen atoms in total.